The lowest BCUT2D eigenvalue weighted by atomic mass is 9.70. The predicted molar refractivity (Wildman–Crippen MR) is 280 cm³/mol. The van der Waals surface area contributed by atoms with Crippen molar-refractivity contribution in [1.82, 2.24) is 0 Å². The van der Waals surface area contributed by atoms with Gasteiger partial charge >= 0.3 is 0 Å². The van der Waals surface area contributed by atoms with E-state index in [1.807, 2.05) is 6.07 Å². The van der Waals surface area contributed by atoms with Gasteiger partial charge in [0.05, 0.1) is 5.41 Å². The average Bonchev–Trinajstić information content (AvgIpc) is 4.03. The van der Waals surface area contributed by atoms with Crippen molar-refractivity contribution >= 4 is 82.1 Å². The smallest absolute Gasteiger partial charge is 0.143 e. The monoisotopic (exact) mass is 849 g/mol. The molecule has 1 heterocycles. The second-order valence-electron chi connectivity index (χ2n) is 18.3. The predicted octanol–water partition coefficient (Wildman–Crippen LogP) is 17.7. The largest absolute Gasteiger partial charge is 0.455 e. The Labute approximate surface area is 387 Å². The van der Waals surface area contributed by atoms with E-state index in [1.165, 1.54) is 87.8 Å². The van der Waals surface area contributed by atoms with Gasteiger partial charge in [0.2, 0.25) is 0 Å². The quantitative estimate of drug-likeness (QED) is 0.164. The van der Waals surface area contributed by atoms with Crippen molar-refractivity contribution in [3.63, 3.8) is 0 Å². The topological polar surface area (TPSA) is 16.4 Å². The first-order valence-corrected chi connectivity index (χ1v) is 23.2. The van der Waals surface area contributed by atoms with Gasteiger partial charge in [0.25, 0.3) is 0 Å². The Kier molecular flexibility index (Phi) is 7.46. The van der Waals surface area contributed by atoms with Gasteiger partial charge in [-0.05, 0) is 142 Å². The average molecular weight is 850 g/mol. The third-order valence-electron chi connectivity index (χ3n) is 15.0. The number of para-hydroxylation sites is 1. The molecule has 67 heavy (non-hydrogen) atoms. The molecule has 1 spiro atoms. The fourth-order valence-electron chi connectivity index (χ4n) is 12.3. The summed E-state index contributed by atoms with van der Waals surface area (Å²) < 4.78 is 6.51. The van der Waals surface area contributed by atoms with Crippen molar-refractivity contribution in [1.29, 1.82) is 0 Å². The minimum atomic E-state index is -0.458. The Morgan fingerprint density at radius 3 is 1.34 bits per heavy atom. The van der Waals surface area contributed by atoms with Crippen LogP contribution in [0.3, 0.4) is 0 Å². The number of hydrogen-bond acceptors (Lipinski definition) is 2. The van der Waals surface area contributed by atoms with E-state index < -0.39 is 5.41 Å². The molecule has 13 aromatic rings. The molecule has 0 aliphatic heterocycles. The van der Waals surface area contributed by atoms with E-state index in [9.17, 15) is 0 Å². The van der Waals surface area contributed by atoms with Crippen LogP contribution in [0.2, 0.25) is 0 Å². The van der Waals surface area contributed by atoms with Crippen molar-refractivity contribution in [3.05, 3.63) is 259 Å². The maximum atomic E-state index is 6.51. The van der Waals surface area contributed by atoms with Crippen LogP contribution in [0.25, 0.3) is 98.4 Å². The van der Waals surface area contributed by atoms with Crippen molar-refractivity contribution < 1.29 is 4.42 Å². The maximum absolute atomic E-state index is 6.51. The van der Waals surface area contributed by atoms with Gasteiger partial charge in [-0.3, -0.25) is 0 Å². The Balaban J connectivity index is 0.976. The Hall–Kier alpha value is -8.72. The lowest BCUT2D eigenvalue weighted by molar-refractivity contribution is 0.672. The van der Waals surface area contributed by atoms with Crippen LogP contribution in [0.5, 0.6) is 0 Å². The molecule has 1 aromatic heterocycles. The van der Waals surface area contributed by atoms with Crippen LogP contribution in [0.1, 0.15) is 22.3 Å². The van der Waals surface area contributed by atoms with Crippen molar-refractivity contribution in [3.8, 4) is 33.4 Å². The van der Waals surface area contributed by atoms with Crippen LogP contribution in [0, 0.1) is 0 Å². The molecule has 0 fully saturated rings. The zero-order valence-electron chi connectivity index (χ0n) is 36.4. The lowest BCUT2D eigenvalue weighted by Crippen LogP contribution is -2.26. The summed E-state index contributed by atoms with van der Waals surface area (Å²) in [5, 5.41) is 12.1. The number of furan rings is 1. The first kappa shape index (κ1) is 36.6. The summed E-state index contributed by atoms with van der Waals surface area (Å²) in [6, 6.07) is 87.7. The van der Waals surface area contributed by atoms with E-state index in [2.05, 4.69) is 235 Å². The van der Waals surface area contributed by atoms with Crippen LogP contribution >= 0.6 is 0 Å². The van der Waals surface area contributed by atoms with E-state index in [0.29, 0.717) is 0 Å². The molecule has 2 aliphatic carbocycles. The molecule has 0 N–H and O–H groups in total. The van der Waals surface area contributed by atoms with Gasteiger partial charge in [0.1, 0.15) is 11.2 Å². The standard InChI is InChI=1S/C65H39NO/c1-2-17-46-44(15-1)45-16-3-4-18-47(45)57-37-42(33-35-49(46)57)66(41-31-29-40(30-32-41)56-39-58-54-23-10-14-28-63(54)67-64(58)55-24-6-5-19-48(55)56)43-34-36-53-52-22-9-13-27-61(52)65(62(53)38-43)59-25-11-7-20-50(59)51-21-8-12-26-60(51)65/h1-39H. The Morgan fingerprint density at radius 2 is 0.716 bits per heavy atom. The Morgan fingerprint density at radius 1 is 0.269 bits per heavy atom. The first-order chi connectivity index (χ1) is 33.2. The van der Waals surface area contributed by atoms with Gasteiger partial charge in [-0.1, -0.05) is 188 Å². The van der Waals surface area contributed by atoms with E-state index in [0.717, 1.165) is 50.0 Å². The molecule has 2 nitrogen and oxygen atoms in total. The van der Waals surface area contributed by atoms with E-state index in [1.54, 1.807) is 0 Å². The molecule has 12 aromatic carbocycles. The first-order valence-electron chi connectivity index (χ1n) is 23.2. The number of anilines is 3. The molecule has 0 bridgehead atoms. The van der Waals surface area contributed by atoms with Crippen LogP contribution in [-0.4, -0.2) is 0 Å². The fourth-order valence-corrected chi connectivity index (χ4v) is 12.3. The highest BCUT2D eigenvalue weighted by atomic mass is 16.3. The minimum absolute atomic E-state index is 0.458. The summed E-state index contributed by atoms with van der Waals surface area (Å²) in [7, 11) is 0. The van der Waals surface area contributed by atoms with Gasteiger partial charge in [-0.25, -0.2) is 0 Å². The summed E-state index contributed by atoms with van der Waals surface area (Å²) in [4.78, 5) is 2.47. The second-order valence-corrected chi connectivity index (χ2v) is 18.3. The zero-order chi connectivity index (χ0) is 43.8. The van der Waals surface area contributed by atoms with E-state index >= 15 is 0 Å². The maximum Gasteiger partial charge on any atom is 0.143 e. The minimum Gasteiger partial charge on any atom is -0.455 e. The number of hydrogen-bond donors (Lipinski definition) is 0. The van der Waals surface area contributed by atoms with Gasteiger partial charge in [0, 0.05) is 33.2 Å². The highest BCUT2D eigenvalue weighted by Gasteiger charge is 2.51. The summed E-state index contributed by atoms with van der Waals surface area (Å²) in [6.45, 7) is 0. The second kappa shape index (κ2) is 13.7. The molecule has 0 unspecified atom stereocenters. The summed E-state index contributed by atoms with van der Waals surface area (Å²) in [5.41, 5.74) is 17.6. The third kappa shape index (κ3) is 4.94. The highest BCUT2D eigenvalue weighted by molar-refractivity contribution is 6.26. The molecule has 2 heteroatoms. The molecule has 2 aliphatic rings. The van der Waals surface area contributed by atoms with Gasteiger partial charge < -0.3 is 9.32 Å². The molecule has 0 radical (unpaired) electrons. The molecular weight excluding hydrogens is 811 g/mol. The summed E-state index contributed by atoms with van der Waals surface area (Å²) in [5.74, 6) is 0. The molecule has 0 atom stereocenters. The molecule has 310 valence electrons. The summed E-state index contributed by atoms with van der Waals surface area (Å²) in [6.07, 6.45) is 0. The fraction of sp³-hybridized carbons (Fsp3) is 0.0154. The number of benzene rings is 12. The molecule has 0 saturated heterocycles. The SMILES string of the molecule is c1ccc2c(c1)-c1ccccc1C21c2ccccc2-c2ccc(N(c3ccc(-c4cc5c6ccccc6oc5c5ccccc45)cc3)c3ccc4c5ccccc5c5ccccc5c4c3)cc21. The highest BCUT2D eigenvalue weighted by Crippen LogP contribution is 2.63. The van der Waals surface area contributed by atoms with Crippen LogP contribution < -0.4 is 4.90 Å². The molecular formula is C65H39NO. The van der Waals surface area contributed by atoms with Gasteiger partial charge in [-0.15, -0.1) is 0 Å². The van der Waals surface area contributed by atoms with Crippen molar-refractivity contribution in [2.75, 3.05) is 4.90 Å². The van der Waals surface area contributed by atoms with Gasteiger partial charge in [0.15, 0.2) is 0 Å². The Bertz CT molecular complexity index is 4130. The molecule has 0 saturated carbocycles. The van der Waals surface area contributed by atoms with E-state index in [-0.39, 0.29) is 0 Å². The molecule has 0 amide bonds. The van der Waals surface area contributed by atoms with Crippen LogP contribution in [0.15, 0.2) is 241 Å². The van der Waals surface area contributed by atoms with Crippen LogP contribution in [0.4, 0.5) is 17.1 Å². The third-order valence-corrected chi connectivity index (χ3v) is 15.0. The zero-order valence-corrected chi connectivity index (χ0v) is 36.4. The van der Waals surface area contributed by atoms with Crippen molar-refractivity contribution in [2.24, 2.45) is 0 Å². The lowest BCUT2D eigenvalue weighted by Gasteiger charge is -2.32. The van der Waals surface area contributed by atoms with Crippen molar-refractivity contribution in [2.45, 2.75) is 5.41 Å². The van der Waals surface area contributed by atoms with Gasteiger partial charge in [-0.2, -0.15) is 0 Å². The summed E-state index contributed by atoms with van der Waals surface area (Å²) >= 11 is 0. The number of fused-ring (bicyclic) bond motifs is 21. The van der Waals surface area contributed by atoms with Crippen LogP contribution in [-0.2, 0) is 5.41 Å². The number of nitrogens with zero attached hydrogens (tertiary/aromatic N) is 1. The normalized spacial score (nSPS) is 13.2. The number of rotatable bonds is 4. The molecule has 15 rings (SSSR count). The van der Waals surface area contributed by atoms with E-state index in [4.69, 9.17) is 4.42 Å².